The molecule has 1 fully saturated rings. The van der Waals surface area contributed by atoms with E-state index in [1.54, 1.807) is 11.3 Å². The van der Waals surface area contributed by atoms with Crippen LogP contribution >= 0.6 is 11.3 Å². The number of nitrogens with zero attached hydrogens (tertiary/aromatic N) is 3. The molecule has 0 aromatic carbocycles. The molecule has 140 valence electrons. The molecule has 0 bridgehead atoms. The minimum atomic E-state index is -0.0194. The molecule has 2 aliphatic carbocycles. The molecular formula is C19H27N5OS. The minimum absolute atomic E-state index is 0.0194. The quantitative estimate of drug-likeness (QED) is 0.762. The van der Waals surface area contributed by atoms with E-state index < -0.39 is 0 Å². The Morgan fingerprint density at radius 1 is 1.27 bits per heavy atom. The SMILES string of the molecule is CNN(c1nc(CC(=O)NC(C)C)nc2sc3c(c12)CCCC3)C1CC1. The Morgan fingerprint density at radius 2 is 2.04 bits per heavy atom. The fourth-order valence-corrected chi connectivity index (χ4v) is 5.02. The first kappa shape index (κ1) is 17.7. The maximum atomic E-state index is 12.2. The molecule has 4 rings (SSSR count). The van der Waals surface area contributed by atoms with Gasteiger partial charge in [0.25, 0.3) is 0 Å². The van der Waals surface area contributed by atoms with Crippen LogP contribution in [-0.2, 0) is 24.1 Å². The van der Waals surface area contributed by atoms with E-state index in [2.05, 4.69) is 15.8 Å². The number of anilines is 1. The van der Waals surface area contributed by atoms with Crippen LogP contribution < -0.4 is 15.8 Å². The predicted molar refractivity (Wildman–Crippen MR) is 106 cm³/mol. The molecule has 0 atom stereocenters. The van der Waals surface area contributed by atoms with Crippen molar-refractivity contribution in [3.05, 3.63) is 16.3 Å². The van der Waals surface area contributed by atoms with Gasteiger partial charge in [0.1, 0.15) is 10.7 Å². The first-order valence-electron chi connectivity index (χ1n) is 9.64. The summed E-state index contributed by atoms with van der Waals surface area (Å²) in [6.45, 7) is 3.94. The Labute approximate surface area is 158 Å². The van der Waals surface area contributed by atoms with Gasteiger partial charge < -0.3 is 5.32 Å². The number of fused-ring (bicyclic) bond motifs is 3. The zero-order chi connectivity index (χ0) is 18.3. The van der Waals surface area contributed by atoms with Gasteiger partial charge in [-0.25, -0.2) is 15.4 Å². The molecule has 26 heavy (non-hydrogen) atoms. The molecule has 7 heteroatoms. The maximum absolute atomic E-state index is 12.2. The van der Waals surface area contributed by atoms with Crippen LogP contribution in [0.2, 0.25) is 0 Å². The fraction of sp³-hybridized carbons (Fsp3) is 0.632. The lowest BCUT2D eigenvalue weighted by molar-refractivity contribution is -0.121. The third-order valence-electron chi connectivity index (χ3n) is 4.99. The summed E-state index contributed by atoms with van der Waals surface area (Å²) in [4.78, 5) is 24.4. The lowest BCUT2D eigenvalue weighted by Crippen LogP contribution is -2.38. The standard InChI is InChI=1S/C19H27N5OS/c1-11(2)21-16(25)10-15-22-18(24(20-3)12-8-9-12)17-13-6-4-5-7-14(13)26-19(17)23-15/h11-12,20H,4-10H2,1-3H3,(H,21,25). The summed E-state index contributed by atoms with van der Waals surface area (Å²) >= 11 is 1.79. The summed E-state index contributed by atoms with van der Waals surface area (Å²) in [5.74, 6) is 1.56. The van der Waals surface area contributed by atoms with Crippen molar-refractivity contribution in [2.24, 2.45) is 0 Å². The van der Waals surface area contributed by atoms with Crippen molar-refractivity contribution < 1.29 is 4.79 Å². The van der Waals surface area contributed by atoms with Crippen LogP contribution in [0.5, 0.6) is 0 Å². The van der Waals surface area contributed by atoms with Gasteiger partial charge in [-0.15, -0.1) is 11.3 Å². The molecule has 2 aliphatic rings. The second-order valence-corrected chi connectivity index (χ2v) is 8.66. The van der Waals surface area contributed by atoms with E-state index in [1.807, 2.05) is 20.9 Å². The van der Waals surface area contributed by atoms with Crippen molar-refractivity contribution >= 4 is 33.3 Å². The topological polar surface area (TPSA) is 70.2 Å². The number of rotatable bonds is 6. The highest BCUT2D eigenvalue weighted by Crippen LogP contribution is 2.41. The van der Waals surface area contributed by atoms with Gasteiger partial charge in [0, 0.05) is 24.0 Å². The van der Waals surface area contributed by atoms with Crippen LogP contribution in [0.1, 0.15) is 55.8 Å². The van der Waals surface area contributed by atoms with E-state index in [0.717, 1.165) is 23.5 Å². The molecule has 0 spiro atoms. The van der Waals surface area contributed by atoms with Crippen LogP contribution in [0.25, 0.3) is 10.2 Å². The molecule has 2 N–H and O–H groups in total. The van der Waals surface area contributed by atoms with Crippen LogP contribution in [-0.4, -0.2) is 35.0 Å². The van der Waals surface area contributed by atoms with Gasteiger partial charge in [-0.05, 0) is 57.9 Å². The van der Waals surface area contributed by atoms with Crippen LogP contribution in [0, 0.1) is 0 Å². The summed E-state index contributed by atoms with van der Waals surface area (Å²) in [5.41, 5.74) is 4.76. The first-order chi connectivity index (χ1) is 12.6. The third-order valence-corrected chi connectivity index (χ3v) is 6.18. The van der Waals surface area contributed by atoms with E-state index in [1.165, 1.54) is 41.5 Å². The smallest absolute Gasteiger partial charge is 0.227 e. The Balaban J connectivity index is 1.78. The van der Waals surface area contributed by atoms with E-state index in [0.29, 0.717) is 11.9 Å². The molecule has 2 aromatic rings. The van der Waals surface area contributed by atoms with Crippen LogP contribution in [0.4, 0.5) is 5.82 Å². The molecule has 0 radical (unpaired) electrons. The first-order valence-corrected chi connectivity index (χ1v) is 10.5. The number of hydrogen-bond donors (Lipinski definition) is 2. The average Bonchev–Trinajstić information content (AvgIpc) is 3.34. The second kappa shape index (κ2) is 7.12. The zero-order valence-electron chi connectivity index (χ0n) is 15.8. The molecular weight excluding hydrogens is 346 g/mol. The van der Waals surface area contributed by atoms with Gasteiger partial charge in [0.2, 0.25) is 5.91 Å². The van der Waals surface area contributed by atoms with Crippen LogP contribution in [0.15, 0.2) is 0 Å². The Kier molecular flexibility index (Phi) is 4.84. The lowest BCUT2D eigenvalue weighted by atomic mass is 9.97. The Hall–Kier alpha value is -1.73. The Bertz CT molecular complexity index is 827. The molecule has 1 amide bonds. The van der Waals surface area contributed by atoms with Crippen molar-refractivity contribution in [3.63, 3.8) is 0 Å². The van der Waals surface area contributed by atoms with Crippen molar-refractivity contribution in [1.82, 2.24) is 20.7 Å². The number of aryl methyl sites for hydroxylation is 2. The molecule has 0 unspecified atom stereocenters. The number of nitrogens with one attached hydrogen (secondary N) is 2. The van der Waals surface area contributed by atoms with Gasteiger partial charge in [0.05, 0.1) is 11.8 Å². The number of amides is 1. The van der Waals surface area contributed by atoms with Gasteiger partial charge in [-0.1, -0.05) is 0 Å². The highest BCUT2D eigenvalue weighted by molar-refractivity contribution is 7.19. The number of hydrogen-bond acceptors (Lipinski definition) is 6. The molecule has 6 nitrogen and oxygen atoms in total. The van der Waals surface area contributed by atoms with Gasteiger partial charge >= 0.3 is 0 Å². The van der Waals surface area contributed by atoms with Gasteiger partial charge in [-0.2, -0.15) is 0 Å². The summed E-state index contributed by atoms with van der Waals surface area (Å²) in [6.07, 6.45) is 7.34. The van der Waals surface area contributed by atoms with E-state index in [4.69, 9.17) is 9.97 Å². The van der Waals surface area contributed by atoms with E-state index in [9.17, 15) is 4.79 Å². The molecule has 2 heterocycles. The Morgan fingerprint density at radius 3 is 2.73 bits per heavy atom. The number of thiophene rings is 1. The van der Waals surface area contributed by atoms with Crippen molar-refractivity contribution in [1.29, 1.82) is 0 Å². The second-order valence-electron chi connectivity index (χ2n) is 7.58. The summed E-state index contributed by atoms with van der Waals surface area (Å²) in [5, 5.41) is 6.34. The largest absolute Gasteiger partial charge is 0.354 e. The third kappa shape index (κ3) is 3.42. The van der Waals surface area contributed by atoms with Crippen molar-refractivity contribution in [2.45, 2.75) is 70.9 Å². The molecule has 1 saturated carbocycles. The maximum Gasteiger partial charge on any atom is 0.227 e. The van der Waals surface area contributed by atoms with Crippen LogP contribution in [0.3, 0.4) is 0 Å². The molecule has 0 aliphatic heterocycles. The van der Waals surface area contributed by atoms with Gasteiger partial charge in [-0.3, -0.25) is 9.80 Å². The highest BCUT2D eigenvalue weighted by Gasteiger charge is 2.33. The van der Waals surface area contributed by atoms with Crippen molar-refractivity contribution in [2.75, 3.05) is 12.1 Å². The summed E-state index contributed by atoms with van der Waals surface area (Å²) < 4.78 is 0. The number of carbonyl (C=O) groups excluding carboxylic acids is 1. The fourth-order valence-electron chi connectivity index (χ4n) is 3.75. The lowest BCUT2D eigenvalue weighted by Gasteiger charge is -2.24. The van der Waals surface area contributed by atoms with Gasteiger partial charge in [0.15, 0.2) is 5.82 Å². The average molecular weight is 374 g/mol. The normalized spacial score (nSPS) is 16.8. The monoisotopic (exact) mass is 373 g/mol. The number of aromatic nitrogens is 2. The number of carbonyl (C=O) groups is 1. The predicted octanol–water partition coefficient (Wildman–Crippen LogP) is 2.74. The minimum Gasteiger partial charge on any atom is -0.354 e. The summed E-state index contributed by atoms with van der Waals surface area (Å²) in [7, 11) is 1.95. The molecule has 2 aromatic heterocycles. The highest BCUT2D eigenvalue weighted by atomic mass is 32.1. The van der Waals surface area contributed by atoms with E-state index >= 15 is 0 Å². The zero-order valence-corrected chi connectivity index (χ0v) is 16.6. The summed E-state index contributed by atoms with van der Waals surface area (Å²) in [6, 6.07) is 0.620. The van der Waals surface area contributed by atoms with E-state index in [-0.39, 0.29) is 18.4 Å². The number of hydrazine groups is 1. The molecule has 0 saturated heterocycles. The van der Waals surface area contributed by atoms with Crippen molar-refractivity contribution in [3.8, 4) is 0 Å².